The first kappa shape index (κ1) is 9.22. The van der Waals surface area contributed by atoms with Crippen molar-refractivity contribution < 1.29 is 5.11 Å². The number of nitrogens with one attached hydrogen (secondary N) is 1. The number of allylic oxidation sites excluding steroid dienone is 1. The Bertz CT molecular complexity index is 200. The molecule has 0 amide bonds. The molecule has 0 spiro atoms. The van der Waals surface area contributed by atoms with E-state index in [0.717, 1.165) is 13.1 Å². The number of rotatable bonds is 1. The smallest absolute Gasteiger partial charge is 0.0741 e. The number of hydrogen-bond acceptors (Lipinski definition) is 2. The molecule has 1 aliphatic heterocycles. The minimum absolute atomic E-state index is 0.135. The van der Waals surface area contributed by atoms with E-state index in [9.17, 15) is 5.11 Å². The Morgan fingerprint density at radius 3 is 2.92 bits per heavy atom. The summed E-state index contributed by atoms with van der Waals surface area (Å²) in [5.74, 6) is 0.415. The van der Waals surface area contributed by atoms with E-state index >= 15 is 0 Å². The van der Waals surface area contributed by atoms with Crippen LogP contribution in [0.2, 0.25) is 0 Å². The molecule has 0 aromatic rings. The van der Waals surface area contributed by atoms with E-state index in [-0.39, 0.29) is 6.10 Å². The Hall–Kier alpha value is -0.340. The quantitative estimate of drug-likeness (QED) is 0.600. The third-order valence-electron chi connectivity index (χ3n) is 3.23. The molecule has 0 saturated carbocycles. The average molecular weight is 181 g/mol. The zero-order valence-corrected chi connectivity index (χ0v) is 8.13. The van der Waals surface area contributed by atoms with Gasteiger partial charge < -0.3 is 10.4 Å². The molecule has 2 aliphatic rings. The standard InChI is InChI=1S/C11H19NO/c13-11-8-12-7-10(11)9-5-3-1-2-4-6-9/h5,10-13H,1-4,6-8H2. The van der Waals surface area contributed by atoms with Crippen LogP contribution in [0.4, 0.5) is 0 Å². The molecule has 2 nitrogen and oxygen atoms in total. The maximum atomic E-state index is 9.73. The monoisotopic (exact) mass is 181 g/mol. The van der Waals surface area contributed by atoms with E-state index in [1.54, 1.807) is 0 Å². The van der Waals surface area contributed by atoms with Gasteiger partial charge in [0.25, 0.3) is 0 Å². The van der Waals surface area contributed by atoms with Gasteiger partial charge in [0.1, 0.15) is 0 Å². The zero-order valence-electron chi connectivity index (χ0n) is 8.13. The summed E-state index contributed by atoms with van der Waals surface area (Å²) in [4.78, 5) is 0. The highest BCUT2D eigenvalue weighted by Gasteiger charge is 2.27. The molecule has 1 heterocycles. The topological polar surface area (TPSA) is 32.3 Å². The number of β-amino-alcohol motifs (C(OH)–C–C–N with tert-alkyl or cyclic N) is 1. The van der Waals surface area contributed by atoms with Gasteiger partial charge in [-0.25, -0.2) is 0 Å². The molecule has 13 heavy (non-hydrogen) atoms. The lowest BCUT2D eigenvalue weighted by atomic mass is 9.92. The highest BCUT2D eigenvalue weighted by molar-refractivity contribution is 5.13. The predicted octanol–water partition coefficient (Wildman–Crippen LogP) is 1.46. The van der Waals surface area contributed by atoms with Crippen molar-refractivity contribution in [1.82, 2.24) is 5.32 Å². The van der Waals surface area contributed by atoms with Crippen molar-refractivity contribution in [2.45, 2.75) is 38.2 Å². The minimum atomic E-state index is -0.135. The molecule has 74 valence electrons. The van der Waals surface area contributed by atoms with Gasteiger partial charge in [-0.1, -0.05) is 18.1 Å². The van der Waals surface area contributed by atoms with Crippen molar-refractivity contribution in [1.29, 1.82) is 0 Å². The Balaban J connectivity index is 2.00. The first-order chi connectivity index (χ1) is 6.38. The van der Waals surface area contributed by atoms with E-state index in [0.29, 0.717) is 5.92 Å². The average Bonchev–Trinajstić information content (AvgIpc) is 2.43. The molecule has 1 aliphatic carbocycles. The van der Waals surface area contributed by atoms with Gasteiger partial charge in [0, 0.05) is 19.0 Å². The van der Waals surface area contributed by atoms with E-state index in [1.807, 2.05) is 0 Å². The van der Waals surface area contributed by atoms with Crippen LogP contribution in [-0.4, -0.2) is 24.3 Å². The second kappa shape index (κ2) is 4.25. The molecular weight excluding hydrogens is 162 g/mol. The summed E-state index contributed by atoms with van der Waals surface area (Å²) in [6.07, 6.45) is 8.67. The van der Waals surface area contributed by atoms with E-state index in [2.05, 4.69) is 11.4 Å². The maximum absolute atomic E-state index is 9.73. The molecule has 2 N–H and O–H groups in total. The van der Waals surface area contributed by atoms with Gasteiger partial charge in [-0.3, -0.25) is 0 Å². The van der Waals surface area contributed by atoms with Crippen molar-refractivity contribution in [2.24, 2.45) is 5.92 Å². The molecule has 1 fully saturated rings. The summed E-state index contributed by atoms with van der Waals surface area (Å²) in [6.45, 7) is 1.76. The number of aliphatic hydroxyl groups excluding tert-OH is 1. The van der Waals surface area contributed by atoms with E-state index < -0.39 is 0 Å². The fourth-order valence-electron chi connectivity index (χ4n) is 2.42. The van der Waals surface area contributed by atoms with Crippen LogP contribution < -0.4 is 5.32 Å². The number of hydrogen-bond donors (Lipinski definition) is 2. The first-order valence-corrected chi connectivity index (χ1v) is 5.45. The van der Waals surface area contributed by atoms with E-state index in [4.69, 9.17) is 0 Å². The fraction of sp³-hybridized carbons (Fsp3) is 0.818. The first-order valence-electron chi connectivity index (χ1n) is 5.45. The predicted molar refractivity (Wildman–Crippen MR) is 53.5 cm³/mol. The fourth-order valence-corrected chi connectivity index (χ4v) is 2.42. The zero-order chi connectivity index (χ0) is 9.10. The second-order valence-corrected chi connectivity index (χ2v) is 4.21. The highest BCUT2D eigenvalue weighted by Crippen LogP contribution is 2.27. The van der Waals surface area contributed by atoms with Gasteiger partial charge in [-0.05, 0) is 25.7 Å². The molecule has 1 saturated heterocycles. The molecule has 0 radical (unpaired) electrons. The molecule has 0 bridgehead atoms. The van der Waals surface area contributed by atoms with Crippen molar-refractivity contribution in [3.63, 3.8) is 0 Å². The van der Waals surface area contributed by atoms with Gasteiger partial charge in [-0.2, -0.15) is 0 Å². The van der Waals surface area contributed by atoms with Crippen LogP contribution >= 0.6 is 0 Å². The minimum Gasteiger partial charge on any atom is -0.391 e. The van der Waals surface area contributed by atoms with Gasteiger partial charge in [-0.15, -0.1) is 0 Å². The van der Waals surface area contributed by atoms with E-state index in [1.165, 1.54) is 37.7 Å². The van der Waals surface area contributed by atoms with Crippen LogP contribution in [0.3, 0.4) is 0 Å². The van der Waals surface area contributed by atoms with Crippen molar-refractivity contribution in [2.75, 3.05) is 13.1 Å². The van der Waals surface area contributed by atoms with Crippen LogP contribution in [0.5, 0.6) is 0 Å². The molecule has 2 rings (SSSR count). The lowest BCUT2D eigenvalue weighted by molar-refractivity contribution is 0.161. The molecule has 2 unspecified atom stereocenters. The summed E-state index contributed by atoms with van der Waals surface area (Å²) < 4.78 is 0. The summed E-state index contributed by atoms with van der Waals surface area (Å²) in [6, 6.07) is 0. The van der Waals surface area contributed by atoms with Crippen LogP contribution in [0, 0.1) is 5.92 Å². The molecule has 0 aromatic carbocycles. The van der Waals surface area contributed by atoms with Crippen LogP contribution in [-0.2, 0) is 0 Å². The van der Waals surface area contributed by atoms with Gasteiger partial charge in [0.15, 0.2) is 0 Å². The second-order valence-electron chi connectivity index (χ2n) is 4.21. The molecule has 2 heteroatoms. The maximum Gasteiger partial charge on any atom is 0.0741 e. The van der Waals surface area contributed by atoms with Crippen molar-refractivity contribution >= 4 is 0 Å². The third-order valence-corrected chi connectivity index (χ3v) is 3.23. The van der Waals surface area contributed by atoms with Gasteiger partial charge in [0.05, 0.1) is 6.10 Å². The van der Waals surface area contributed by atoms with Crippen molar-refractivity contribution in [3.05, 3.63) is 11.6 Å². The lowest BCUT2D eigenvalue weighted by Gasteiger charge is -2.16. The lowest BCUT2D eigenvalue weighted by Crippen LogP contribution is -2.19. The number of aliphatic hydroxyl groups is 1. The third kappa shape index (κ3) is 2.12. The largest absolute Gasteiger partial charge is 0.391 e. The van der Waals surface area contributed by atoms with Crippen LogP contribution in [0.15, 0.2) is 11.6 Å². The van der Waals surface area contributed by atoms with Crippen LogP contribution in [0.1, 0.15) is 32.1 Å². The highest BCUT2D eigenvalue weighted by atomic mass is 16.3. The Kier molecular flexibility index (Phi) is 3.01. The van der Waals surface area contributed by atoms with Gasteiger partial charge >= 0.3 is 0 Å². The summed E-state index contributed by atoms with van der Waals surface area (Å²) in [5.41, 5.74) is 1.51. The van der Waals surface area contributed by atoms with Gasteiger partial charge in [0.2, 0.25) is 0 Å². The molecular formula is C11H19NO. The summed E-state index contributed by atoms with van der Waals surface area (Å²) >= 11 is 0. The summed E-state index contributed by atoms with van der Waals surface area (Å²) in [7, 11) is 0. The normalized spacial score (nSPS) is 35.6. The Morgan fingerprint density at radius 2 is 2.15 bits per heavy atom. The summed E-state index contributed by atoms with van der Waals surface area (Å²) in [5, 5.41) is 13.0. The van der Waals surface area contributed by atoms with Crippen molar-refractivity contribution in [3.8, 4) is 0 Å². The molecule has 0 aromatic heterocycles. The molecule has 2 atom stereocenters. The Labute approximate surface area is 80.0 Å². The SMILES string of the molecule is OC1CNCC1C1=CCCCCC1. The van der Waals surface area contributed by atoms with Crippen LogP contribution in [0.25, 0.3) is 0 Å². The Morgan fingerprint density at radius 1 is 1.23 bits per heavy atom.